The summed E-state index contributed by atoms with van der Waals surface area (Å²) in [7, 11) is 1.34. The smallest absolute Gasteiger partial charge is 0.337 e. The van der Waals surface area contributed by atoms with E-state index in [1.165, 1.54) is 12.0 Å². The third kappa shape index (κ3) is 4.41. The van der Waals surface area contributed by atoms with E-state index in [1.807, 2.05) is 31.2 Å². The third-order valence-corrected chi connectivity index (χ3v) is 6.69. The van der Waals surface area contributed by atoms with Gasteiger partial charge in [0, 0.05) is 6.07 Å². The van der Waals surface area contributed by atoms with Crippen LogP contribution < -0.4 is 9.30 Å². The van der Waals surface area contributed by atoms with Gasteiger partial charge in [-0.15, -0.1) is 0 Å². The molecule has 0 saturated carbocycles. The second-order valence-electron chi connectivity index (χ2n) is 8.90. The number of carbonyl (C=O) groups excluding carboxylic acids is 3. The number of benzene rings is 3. The van der Waals surface area contributed by atoms with Gasteiger partial charge >= 0.3 is 5.97 Å². The molecule has 0 spiro atoms. The quantitative estimate of drug-likeness (QED) is 0.209. The summed E-state index contributed by atoms with van der Waals surface area (Å²) in [6.07, 6.45) is 0. The van der Waals surface area contributed by atoms with Gasteiger partial charge in [0.15, 0.2) is 11.0 Å². The van der Waals surface area contributed by atoms with Gasteiger partial charge in [-0.3, -0.25) is 14.5 Å². The molecule has 2 heterocycles. The lowest BCUT2D eigenvalue weighted by Gasteiger charge is -2.13. The van der Waals surface area contributed by atoms with E-state index in [0.29, 0.717) is 35.5 Å². The van der Waals surface area contributed by atoms with Gasteiger partial charge in [-0.05, 0) is 48.9 Å². The van der Waals surface area contributed by atoms with E-state index in [-0.39, 0.29) is 31.6 Å². The fourth-order valence-corrected chi connectivity index (χ4v) is 4.95. The summed E-state index contributed by atoms with van der Waals surface area (Å²) in [5.41, 5.74) is 3.82. The molecule has 1 aliphatic rings. The number of rotatable bonds is 9. The number of aliphatic hydroxyl groups excluding tert-OH is 1. The molecular formula is C29H28N3O6+. The summed E-state index contributed by atoms with van der Waals surface area (Å²) < 4.78 is 14.6. The lowest BCUT2D eigenvalue weighted by atomic mass is 10.1. The molecular weight excluding hydrogens is 486 g/mol. The van der Waals surface area contributed by atoms with E-state index in [2.05, 4.69) is 9.13 Å². The van der Waals surface area contributed by atoms with Crippen LogP contribution in [0, 0.1) is 0 Å². The zero-order valence-electron chi connectivity index (χ0n) is 21.2. The minimum atomic E-state index is -0.426. The highest BCUT2D eigenvalue weighted by Gasteiger charge is 2.38. The van der Waals surface area contributed by atoms with Gasteiger partial charge in [-0.2, -0.15) is 0 Å². The molecule has 0 bridgehead atoms. The molecule has 0 unspecified atom stereocenters. The minimum absolute atomic E-state index is 0.0678. The predicted molar refractivity (Wildman–Crippen MR) is 138 cm³/mol. The number of fused-ring (bicyclic) bond motifs is 2. The summed E-state index contributed by atoms with van der Waals surface area (Å²) in [6, 6.07) is 19.7. The molecule has 4 aromatic rings. The molecule has 0 radical (unpaired) electrons. The van der Waals surface area contributed by atoms with E-state index in [9.17, 15) is 19.5 Å². The molecule has 3 aromatic carbocycles. The summed E-state index contributed by atoms with van der Waals surface area (Å²) in [5, 5.41) is 9.18. The first kappa shape index (κ1) is 25.2. The van der Waals surface area contributed by atoms with Crippen molar-refractivity contribution in [3.8, 4) is 5.75 Å². The molecule has 0 fully saturated rings. The van der Waals surface area contributed by atoms with Crippen LogP contribution in [0.25, 0.3) is 11.0 Å². The number of esters is 1. The fourth-order valence-electron chi connectivity index (χ4n) is 4.95. The average Bonchev–Trinajstić information content (AvgIpc) is 3.37. The Morgan fingerprint density at radius 1 is 0.974 bits per heavy atom. The maximum Gasteiger partial charge on any atom is 0.337 e. The zero-order valence-corrected chi connectivity index (χ0v) is 21.2. The first-order valence-electron chi connectivity index (χ1n) is 12.4. The summed E-state index contributed by atoms with van der Waals surface area (Å²) >= 11 is 0. The minimum Gasteiger partial charge on any atom is -0.491 e. The van der Waals surface area contributed by atoms with Crippen LogP contribution in [-0.2, 0) is 24.4 Å². The topological polar surface area (TPSA) is 102 Å². The largest absolute Gasteiger partial charge is 0.491 e. The van der Waals surface area contributed by atoms with Crippen LogP contribution in [0.15, 0.2) is 66.7 Å². The van der Waals surface area contributed by atoms with Crippen LogP contribution in [0.2, 0.25) is 0 Å². The number of hydrogen-bond donors (Lipinski definition) is 1. The van der Waals surface area contributed by atoms with E-state index >= 15 is 0 Å². The van der Waals surface area contributed by atoms with Crippen molar-refractivity contribution in [2.24, 2.45) is 0 Å². The van der Waals surface area contributed by atoms with Crippen LogP contribution in [0.1, 0.15) is 49.4 Å². The van der Waals surface area contributed by atoms with Gasteiger partial charge in [-0.1, -0.05) is 24.3 Å². The Balaban J connectivity index is 1.62. The summed E-state index contributed by atoms with van der Waals surface area (Å²) in [5.74, 6) is 0.268. The summed E-state index contributed by atoms with van der Waals surface area (Å²) in [4.78, 5) is 39.8. The number of aryl methyl sites for hydroxylation is 1. The molecule has 1 N–H and O–H groups in total. The molecule has 1 aliphatic heterocycles. The molecule has 0 aliphatic carbocycles. The first-order valence-corrected chi connectivity index (χ1v) is 12.4. The van der Waals surface area contributed by atoms with Crippen LogP contribution in [0.5, 0.6) is 5.75 Å². The van der Waals surface area contributed by atoms with Crippen LogP contribution in [0.4, 0.5) is 0 Å². The Morgan fingerprint density at radius 3 is 2.37 bits per heavy atom. The monoisotopic (exact) mass is 514 g/mol. The van der Waals surface area contributed by atoms with E-state index in [4.69, 9.17) is 9.47 Å². The van der Waals surface area contributed by atoms with Crippen molar-refractivity contribution in [2.75, 3.05) is 20.3 Å². The SMILES string of the molecule is CCn1c(CN2C(=O)c3ccccc3C2=O)[n+](Cc2cccc(C(=O)OC)c2)c2ccc(OCCO)cc21. The maximum atomic E-state index is 13.2. The van der Waals surface area contributed by atoms with E-state index in [0.717, 1.165) is 22.4 Å². The highest BCUT2D eigenvalue weighted by atomic mass is 16.5. The molecule has 38 heavy (non-hydrogen) atoms. The Hall–Kier alpha value is -4.50. The lowest BCUT2D eigenvalue weighted by molar-refractivity contribution is -0.671. The number of amides is 2. The molecule has 0 atom stereocenters. The Labute approximate surface area is 219 Å². The number of nitrogens with zero attached hydrogens (tertiary/aromatic N) is 3. The van der Waals surface area contributed by atoms with Gasteiger partial charge in [0.25, 0.3) is 17.6 Å². The van der Waals surface area contributed by atoms with Gasteiger partial charge in [0.2, 0.25) is 0 Å². The van der Waals surface area contributed by atoms with Gasteiger partial charge in [0.05, 0.1) is 37.0 Å². The molecule has 2 amide bonds. The van der Waals surface area contributed by atoms with E-state index in [1.54, 1.807) is 42.5 Å². The maximum absolute atomic E-state index is 13.2. The molecule has 9 nitrogen and oxygen atoms in total. The number of carbonyl (C=O) groups is 3. The molecule has 1 aromatic heterocycles. The standard InChI is InChI=1S/C29H28N3O6/c1-3-30-25-16-21(38-14-13-33)11-12-24(25)31(17-19-7-6-8-20(15-19)29(36)37-2)26(30)18-32-27(34)22-9-4-5-10-23(22)28(32)35/h4-12,15-16,33H,3,13-14,17-18H2,1-2H3/q+1. The number of aliphatic hydroxyl groups is 1. The average molecular weight is 515 g/mol. The number of hydrogen-bond acceptors (Lipinski definition) is 6. The molecule has 194 valence electrons. The highest BCUT2D eigenvalue weighted by Crippen LogP contribution is 2.27. The van der Waals surface area contributed by atoms with Gasteiger partial charge < -0.3 is 14.6 Å². The second kappa shape index (κ2) is 10.5. The Bertz CT molecular complexity index is 1520. The number of aromatic nitrogens is 2. The van der Waals surface area contributed by atoms with Gasteiger partial charge in [0.1, 0.15) is 25.4 Å². The van der Waals surface area contributed by atoms with Crippen molar-refractivity contribution in [1.82, 2.24) is 9.47 Å². The van der Waals surface area contributed by atoms with E-state index < -0.39 is 5.97 Å². The van der Waals surface area contributed by atoms with Crippen LogP contribution >= 0.6 is 0 Å². The lowest BCUT2D eigenvalue weighted by Crippen LogP contribution is -2.43. The second-order valence-corrected chi connectivity index (χ2v) is 8.90. The van der Waals surface area contributed by atoms with Crippen LogP contribution in [-0.4, -0.2) is 52.7 Å². The molecule has 9 heteroatoms. The van der Waals surface area contributed by atoms with Crippen molar-refractivity contribution < 1.29 is 33.5 Å². The van der Waals surface area contributed by atoms with Crippen molar-refractivity contribution in [2.45, 2.75) is 26.6 Å². The number of methoxy groups -OCH3 is 1. The van der Waals surface area contributed by atoms with Crippen molar-refractivity contribution in [3.05, 3.63) is 94.8 Å². The third-order valence-electron chi connectivity index (χ3n) is 6.69. The Morgan fingerprint density at radius 2 is 1.71 bits per heavy atom. The normalized spacial score (nSPS) is 12.8. The Kier molecular flexibility index (Phi) is 6.93. The number of ether oxygens (including phenoxy) is 2. The first-order chi connectivity index (χ1) is 18.5. The fraction of sp³-hybridized carbons (Fsp3) is 0.241. The molecule has 0 saturated heterocycles. The number of imidazole rings is 1. The number of imide groups is 1. The van der Waals surface area contributed by atoms with Gasteiger partial charge in [-0.25, -0.2) is 13.9 Å². The highest BCUT2D eigenvalue weighted by molar-refractivity contribution is 6.21. The molecule has 5 rings (SSSR count). The van der Waals surface area contributed by atoms with Crippen molar-refractivity contribution in [3.63, 3.8) is 0 Å². The predicted octanol–water partition coefficient (Wildman–Crippen LogP) is 2.95. The van der Waals surface area contributed by atoms with Crippen molar-refractivity contribution >= 4 is 28.8 Å². The summed E-state index contributed by atoms with van der Waals surface area (Å²) in [6.45, 7) is 3.10. The van der Waals surface area contributed by atoms with Crippen LogP contribution in [0.3, 0.4) is 0 Å². The van der Waals surface area contributed by atoms with Crippen molar-refractivity contribution in [1.29, 1.82) is 0 Å². The zero-order chi connectivity index (χ0) is 26.8.